The Kier molecular flexibility index (Phi) is 11.6. The first-order valence-corrected chi connectivity index (χ1v) is 8.10. The van der Waals surface area contributed by atoms with Crippen molar-refractivity contribution in [2.75, 3.05) is 45.5 Å². The summed E-state index contributed by atoms with van der Waals surface area (Å²) in [6, 6.07) is 10.4. The summed E-state index contributed by atoms with van der Waals surface area (Å²) >= 11 is 1.82. The van der Waals surface area contributed by atoms with E-state index in [0.29, 0.717) is 0 Å². The summed E-state index contributed by atoms with van der Waals surface area (Å²) < 4.78 is 0. The molecule has 1 atom stereocenters. The van der Waals surface area contributed by atoms with Gasteiger partial charge in [-0.05, 0) is 12.6 Å². The predicted octanol–water partition coefficient (Wildman–Crippen LogP) is 2.37. The van der Waals surface area contributed by atoms with E-state index in [1.807, 2.05) is 17.8 Å². The molecule has 3 nitrogen and oxygen atoms in total. The van der Waals surface area contributed by atoms with Gasteiger partial charge in [0, 0.05) is 44.2 Å². The highest BCUT2D eigenvalue weighted by atomic mass is 35.5. The van der Waals surface area contributed by atoms with Crippen LogP contribution in [0.15, 0.2) is 30.3 Å². The molecule has 1 aromatic rings. The molecule has 1 N–H and O–H groups in total. The summed E-state index contributed by atoms with van der Waals surface area (Å²) in [6.45, 7) is 5.21. The van der Waals surface area contributed by atoms with Crippen molar-refractivity contribution in [3.05, 3.63) is 35.9 Å². The number of β-amino-alcohol motifs (C(OH)–C–C–N with tert-alkyl or cyclic N) is 1. The summed E-state index contributed by atoms with van der Waals surface area (Å²) in [7, 11) is 2.16. The standard InChI is InChI=1S/C15H24N2OS.2ClH/c1-16-7-9-17(10-8-16)11-15(18)13-19-12-14-5-3-2-4-6-14;;/h2-6,15,18H,7-13H2,1H3;2*1H. The highest BCUT2D eigenvalue weighted by Crippen LogP contribution is 2.13. The second-order valence-corrected chi connectivity index (χ2v) is 6.29. The molecule has 1 unspecified atom stereocenters. The van der Waals surface area contributed by atoms with Crippen LogP contribution >= 0.6 is 36.6 Å². The van der Waals surface area contributed by atoms with Gasteiger partial charge >= 0.3 is 0 Å². The van der Waals surface area contributed by atoms with Crippen LogP contribution in [0.3, 0.4) is 0 Å². The molecule has 6 heteroatoms. The van der Waals surface area contributed by atoms with E-state index < -0.39 is 0 Å². The topological polar surface area (TPSA) is 26.7 Å². The molecule has 0 aromatic heterocycles. The van der Waals surface area contributed by atoms with Crippen molar-refractivity contribution in [1.82, 2.24) is 9.80 Å². The van der Waals surface area contributed by atoms with Crippen LogP contribution in [0.4, 0.5) is 0 Å². The molecule has 1 saturated heterocycles. The van der Waals surface area contributed by atoms with Crippen LogP contribution in [0.5, 0.6) is 0 Å². The van der Waals surface area contributed by atoms with E-state index >= 15 is 0 Å². The molecule has 0 saturated carbocycles. The van der Waals surface area contributed by atoms with E-state index in [-0.39, 0.29) is 30.9 Å². The first-order valence-electron chi connectivity index (χ1n) is 6.94. The average Bonchev–Trinajstić information content (AvgIpc) is 2.43. The van der Waals surface area contributed by atoms with Crippen LogP contribution < -0.4 is 0 Å². The predicted molar refractivity (Wildman–Crippen MR) is 97.0 cm³/mol. The van der Waals surface area contributed by atoms with Crippen LogP contribution in [0, 0.1) is 0 Å². The van der Waals surface area contributed by atoms with Crippen LogP contribution in [0.2, 0.25) is 0 Å². The van der Waals surface area contributed by atoms with Crippen molar-refractivity contribution in [3.8, 4) is 0 Å². The minimum Gasteiger partial charge on any atom is -0.391 e. The number of aliphatic hydroxyl groups is 1. The second kappa shape index (κ2) is 11.6. The largest absolute Gasteiger partial charge is 0.391 e. The molecule has 0 spiro atoms. The van der Waals surface area contributed by atoms with Crippen molar-refractivity contribution >= 4 is 36.6 Å². The summed E-state index contributed by atoms with van der Waals surface area (Å²) in [5, 5.41) is 10.1. The lowest BCUT2D eigenvalue weighted by Gasteiger charge is -2.33. The highest BCUT2D eigenvalue weighted by Gasteiger charge is 2.16. The molecule has 122 valence electrons. The SMILES string of the molecule is CN1CCN(CC(O)CSCc2ccccc2)CC1.Cl.Cl. The van der Waals surface area contributed by atoms with Crippen LogP contribution in [-0.4, -0.2) is 66.5 Å². The Bertz CT molecular complexity index is 362. The Balaban J connectivity index is 0.00000200. The zero-order chi connectivity index (χ0) is 13.5. The normalized spacial score (nSPS) is 17.6. The summed E-state index contributed by atoms with van der Waals surface area (Å²) in [6.07, 6.45) is -0.211. The van der Waals surface area contributed by atoms with E-state index in [2.05, 4.69) is 41.1 Å². The van der Waals surface area contributed by atoms with Gasteiger partial charge in [0.05, 0.1) is 6.10 Å². The smallest absolute Gasteiger partial charge is 0.0757 e. The van der Waals surface area contributed by atoms with E-state index in [9.17, 15) is 5.11 Å². The number of hydrogen-bond acceptors (Lipinski definition) is 4. The number of rotatable bonds is 6. The maximum atomic E-state index is 10.1. The Hall–Kier alpha value is 0.0300. The molecule has 1 fully saturated rings. The fourth-order valence-electron chi connectivity index (χ4n) is 2.27. The molecule has 1 aromatic carbocycles. The van der Waals surface area contributed by atoms with Crippen molar-refractivity contribution in [2.24, 2.45) is 0 Å². The fraction of sp³-hybridized carbons (Fsp3) is 0.600. The molecule has 1 aliphatic rings. The molecular weight excluding hydrogens is 327 g/mol. The third-order valence-electron chi connectivity index (χ3n) is 3.49. The van der Waals surface area contributed by atoms with Gasteiger partial charge < -0.3 is 10.0 Å². The van der Waals surface area contributed by atoms with Crippen LogP contribution in [-0.2, 0) is 5.75 Å². The van der Waals surface area contributed by atoms with Gasteiger partial charge in [-0.3, -0.25) is 4.90 Å². The maximum Gasteiger partial charge on any atom is 0.0757 e. The molecule has 0 aliphatic carbocycles. The first-order chi connectivity index (χ1) is 9.24. The number of nitrogens with zero attached hydrogens (tertiary/aromatic N) is 2. The van der Waals surface area contributed by atoms with Gasteiger partial charge in [0.2, 0.25) is 0 Å². The quantitative estimate of drug-likeness (QED) is 0.850. The molecule has 21 heavy (non-hydrogen) atoms. The number of aliphatic hydroxyl groups excluding tert-OH is 1. The fourth-order valence-corrected chi connectivity index (χ4v) is 3.19. The number of piperazine rings is 1. The minimum absolute atomic E-state index is 0. The van der Waals surface area contributed by atoms with E-state index in [0.717, 1.165) is 44.2 Å². The van der Waals surface area contributed by atoms with Gasteiger partial charge in [0.1, 0.15) is 0 Å². The van der Waals surface area contributed by atoms with Crippen molar-refractivity contribution in [1.29, 1.82) is 0 Å². The zero-order valence-electron chi connectivity index (χ0n) is 12.5. The number of halogens is 2. The van der Waals surface area contributed by atoms with Gasteiger partial charge in [0.15, 0.2) is 0 Å². The number of thioether (sulfide) groups is 1. The number of likely N-dealkylation sites (N-methyl/N-ethyl adjacent to an activating group) is 1. The van der Waals surface area contributed by atoms with Gasteiger partial charge in [-0.1, -0.05) is 30.3 Å². The highest BCUT2D eigenvalue weighted by molar-refractivity contribution is 7.98. The molecule has 0 amide bonds. The Labute approximate surface area is 144 Å². The van der Waals surface area contributed by atoms with Gasteiger partial charge in [-0.25, -0.2) is 0 Å². The lowest BCUT2D eigenvalue weighted by atomic mass is 10.2. The Morgan fingerprint density at radius 3 is 2.33 bits per heavy atom. The Morgan fingerprint density at radius 1 is 1.10 bits per heavy atom. The molecule has 2 rings (SSSR count). The van der Waals surface area contributed by atoms with E-state index in [1.165, 1.54) is 5.56 Å². The van der Waals surface area contributed by atoms with Crippen molar-refractivity contribution < 1.29 is 5.11 Å². The second-order valence-electron chi connectivity index (χ2n) is 5.26. The zero-order valence-corrected chi connectivity index (χ0v) is 14.9. The molecule has 0 radical (unpaired) electrons. The summed E-state index contributed by atoms with van der Waals surface area (Å²) in [4.78, 5) is 4.71. The summed E-state index contributed by atoms with van der Waals surface area (Å²) in [5.41, 5.74) is 1.33. The van der Waals surface area contributed by atoms with Gasteiger partial charge in [-0.2, -0.15) is 11.8 Å². The maximum absolute atomic E-state index is 10.1. The van der Waals surface area contributed by atoms with Gasteiger partial charge in [0.25, 0.3) is 0 Å². The number of benzene rings is 1. The lowest BCUT2D eigenvalue weighted by molar-refractivity contribution is 0.0921. The lowest BCUT2D eigenvalue weighted by Crippen LogP contribution is -2.47. The Morgan fingerprint density at radius 2 is 1.71 bits per heavy atom. The molecule has 1 aliphatic heterocycles. The number of hydrogen-bond donors (Lipinski definition) is 1. The minimum atomic E-state index is -0.211. The third kappa shape index (κ3) is 8.29. The average molecular weight is 353 g/mol. The first kappa shape index (κ1) is 21.0. The summed E-state index contributed by atoms with van der Waals surface area (Å²) in [5.74, 6) is 1.81. The van der Waals surface area contributed by atoms with E-state index in [1.54, 1.807) is 0 Å². The van der Waals surface area contributed by atoms with E-state index in [4.69, 9.17) is 0 Å². The molecular formula is C15H26Cl2N2OS. The van der Waals surface area contributed by atoms with Crippen molar-refractivity contribution in [3.63, 3.8) is 0 Å². The van der Waals surface area contributed by atoms with Crippen LogP contribution in [0.25, 0.3) is 0 Å². The monoisotopic (exact) mass is 352 g/mol. The third-order valence-corrected chi connectivity index (χ3v) is 4.64. The molecule has 0 bridgehead atoms. The molecule has 1 heterocycles. The van der Waals surface area contributed by atoms with Crippen molar-refractivity contribution in [2.45, 2.75) is 11.9 Å². The van der Waals surface area contributed by atoms with Crippen LogP contribution in [0.1, 0.15) is 5.56 Å². The van der Waals surface area contributed by atoms with Gasteiger partial charge in [-0.15, -0.1) is 24.8 Å².